The molecule has 0 spiro atoms. The van der Waals surface area contributed by atoms with Crippen LogP contribution in [0.25, 0.3) is 0 Å². The normalized spacial score (nSPS) is 15.7. The van der Waals surface area contributed by atoms with Gasteiger partial charge in [-0.25, -0.2) is 0 Å². The van der Waals surface area contributed by atoms with Crippen molar-refractivity contribution < 1.29 is 19.4 Å². The molecule has 0 amide bonds. The summed E-state index contributed by atoms with van der Waals surface area (Å²) < 4.78 is 11.9. The number of ether oxygens (including phenoxy) is 2. The van der Waals surface area contributed by atoms with E-state index in [0.29, 0.717) is 17.4 Å². The quantitative estimate of drug-likeness (QED) is 0.764. The van der Waals surface area contributed by atoms with Gasteiger partial charge in [0.1, 0.15) is 0 Å². The van der Waals surface area contributed by atoms with E-state index in [1.165, 1.54) is 0 Å². The van der Waals surface area contributed by atoms with Crippen LogP contribution in [0.2, 0.25) is 0 Å². The molecule has 1 N–H and O–H groups in total. The highest BCUT2D eigenvalue weighted by molar-refractivity contribution is 9.10. The zero-order chi connectivity index (χ0) is 16.4. The van der Waals surface area contributed by atoms with Crippen molar-refractivity contribution in [3.8, 4) is 11.5 Å². The van der Waals surface area contributed by atoms with Crippen LogP contribution in [0, 0.1) is 5.92 Å². The Balaban J connectivity index is 2.64. The monoisotopic (exact) mass is 370 g/mol. The van der Waals surface area contributed by atoms with E-state index in [4.69, 9.17) is 9.47 Å². The second-order valence-electron chi connectivity index (χ2n) is 6.12. The molecule has 4 nitrogen and oxygen atoms in total. The lowest BCUT2D eigenvalue weighted by molar-refractivity contribution is -0.137. The van der Waals surface area contributed by atoms with Crippen LogP contribution >= 0.6 is 15.9 Å². The molecule has 0 aromatic heterocycles. The summed E-state index contributed by atoms with van der Waals surface area (Å²) in [5.41, 5.74) is 2.12. The molecule has 0 saturated heterocycles. The number of carboxylic acid groups (broad SMARTS) is 1. The number of hydrogen-bond donors (Lipinski definition) is 1. The average molecular weight is 371 g/mol. The number of aliphatic carboxylic acids is 1. The number of benzene rings is 1. The Labute approximate surface area is 139 Å². The first-order valence-electron chi connectivity index (χ1n) is 7.56. The molecule has 0 radical (unpaired) electrons. The molecule has 1 aromatic carbocycles. The van der Waals surface area contributed by atoms with Gasteiger partial charge in [-0.3, -0.25) is 4.79 Å². The van der Waals surface area contributed by atoms with Gasteiger partial charge in [-0.1, -0.05) is 29.8 Å². The van der Waals surface area contributed by atoms with Gasteiger partial charge >= 0.3 is 5.97 Å². The lowest BCUT2D eigenvalue weighted by Gasteiger charge is -2.26. The molecule has 1 atom stereocenters. The lowest BCUT2D eigenvalue weighted by atomic mass is 9.83. The number of hydrogen-bond acceptors (Lipinski definition) is 3. The fourth-order valence-electron chi connectivity index (χ4n) is 3.15. The van der Waals surface area contributed by atoms with Gasteiger partial charge in [0, 0.05) is 10.0 Å². The van der Waals surface area contributed by atoms with E-state index in [9.17, 15) is 9.90 Å². The zero-order valence-electron chi connectivity index (χ0n) is 13.5. The minimum atomic E-state index is -0.756. The van der Waals surface area contributed by atoms with E-state index in [2.05, 4.69) is 29.8 Å². The number of carbonyl (C=O) groups is 1. The number of methoxy groups -OCH3 is 2. The Bertz CT molecular complexity index is 564. The highest BCUT2D eigenvalue weighted by atomic mass is 79.9. The third-order valence-corrected chi connectivity index (χ3v) is 4.89. The van der Waals surface area contributed by atoms with Crippen molar-refractivity contribution in [2.24, 2.45) is 5.92 Å². The molecule has 5 heteroatoms. The van der Waals surface area contributed by atoms with Crippen molar-refractivity contribution in [2.45, 2.75) is 44.9 Å². The fraction of sp³-hybridized carbons (Fsp3) is 0.588. The van der Waals surface area contributed by atoms with Crippen LogP contribution in [-0.4, -0.2) is 25.3 Å². The van der Waals surface area contributed by atoms with Gasteiger partial charge in [-0.05, 0) is 42.2 Å². The van der Waals surface area contributed by atoms with Gasteiger partial charge in [0.2, 0.25) is 0 Å². The van der Waals surface area contributed by atoms with Gasteiger partial charge in [0.25, 0.3) is 0 Å². The van der Waals surface area contributed by atoms with Crippen molar-refractivity contribution in [1.82, 2.24) is 0 Å². The van der Waals surface area contributed by atoms with Crippen molar-refractivity contribution in [3.05, 3.63) is 21.7 Å². The van der Waals surface area contributed by atoms with Crippen LogP contribution in [-0.2, 0) is 4.79 Å². The van der Waals surface area contributed by atoms with Gasteiger partial charge in [0.05, 0.1) is 20.6 Å². The van der Waals surface area contributed by atoms with Crippen molar-refractivity contribution in [1.29, 1.82) is 0 Å². The second kappa shape index (κ2) is 6.90. The number of carboxylic acids is 1. The predicted octanol–water partition coefficient (Wildman–Crippen LogP) is 4.56. The van der Waals surface area contributed by atoms with Crippen molar-refractivity contribution in [2.75, 3.05) is 14.2 Å². The van der Waals surface area contributed by atoms with Crippen molar-refractivity contribution in [3.63, 3.8) is 0 Å². The highest BCUT2D eigenvalue weighted by Gasteiger charge is 2.37. The number of halogens is 1. The minimum absolute atomic E-state index is 0.0177. The van der Waals surface area contributed by atoms with Crippen LogP contribution in [0.4, 0.5) is 0 Å². The molecule has 1 unspecified atom stereocenters. The molecular formula is C17H23BrO4. The Morgan fingerprint density at radius 2 is 1.95 bits per heavy atom. The largest absolute Gasteiger partial charge is 0.493 e. The fourth-order valence-corrected chi connectivity index (χ4v) is 3.86. The molecule has 1 aromatic rings. The molecule has 1 saturated carbocycles. The molecule has 0 bridgehead atoms. The third-order valence-electron chi connectivity index (χ3n) is 4.23. The topological polar surface area (TPSA) is 55.8 Å². The molecule has 0 aliphatic heterocycles. The summed E-state index contributed by atoms with van der Waals surface area (Å²) in [6, 6.07) is 1.89. The maximum atomic E-state index is 11.3. The van der Waals surface area contributed by atoms with Crippen LogP contribution in [0.5, 0.6) is 11.5 Å². The summed E-state index contributed by atoms with van der Waals surface area (Å²) in [4.78, 5) is 11.3. The summed E-state index contributed by atoms with van der Waals surface area (Å²) in [5, 5.41) is 9.30. The molecule has 1 fully saturated rings. The molecule has 1 aliphatic rings. The molecule has 122 valence electrons. The Morgan fingerprint density at radius 3 is 2.36 bits per heavy atom. The average Bonchev–Trinajstić information content (AvgIpc) is 3.27. The molecule has 1 aliphatic carbocycles. The van der Waals surface area contributed by atoms with Crippen LogP contribution in [0.3, 0.4) is 0 Å². The Morgan fingerprint density at radius 1 is 1.32 bits per heavy atom. The highest BCUT2D eigenvalue weighted by Crippen LogP contribution is 2.52. The minimum Gasteiger partial charge on any atom is -0.493 e. The van der Waals surface area contributed by atoms with E-state index in [1.807, 2.05) is 6.07 Å². The molecular weight excluding hydrogens is 348 g/mol. The second-order valence-corrected chi connectivity index (χ2v) is 6.97. The summed E-state index contributed by atoms with van der Waals surface area (Å²) in [5.74, 6) is 1.31. The zero-order valence-corrected chi connectivity index (χ0v) is 15.1. The summed E-state index contributed by atoms with van der Waals surface area (Å²) >= 11 is 3.63. The van der Waals surface area contributed by atoms with Crippen LogP contribution in [0.15, 0.2) is 10.5 Å². The van der Waals surface area contributed by atoms with E-state index in [-0.39, 0.29) is 18.3 Å². The first-order valence-corrected chi connectivity index (χ1v) is 8.36. The van der Waals surface area contributed by atoms with E-state index >= 15 is 0 Å². The van der Waals surface area contributed by atoms with Gasteiger partial charge < -0.3 is 14.6 Å². The first kappa shape index (κ1) is 17.1. The Kier molecular flexibility index (Phi) is 5.37. The van der Waals surface area contributed by atoms with E-state index < -0.39 is 5.97 Å². The SMILES string of the molecule is COc1cc(Br)c(C(CC(=O)O)C2CC2)c(C(C)C)c1OC. The lowest BCUT2D eigenvalue weighted by Crippen LogP contribution is -2.13. The maximum Gasteiger partial charge on any atom is 0.303 e. The van der Waals surface area contributed by atoms with Gasteiger partial charge in [-0.15, -0.1) is 0 Å². The smallest absolute Gasteiger partial charge is 0.303 e. The summed E-state index contributed by atoms with van der Waals surface area (Å²) in [6.07, 6.45) is 2.34. The third kappa shape index (κ3) is 3.40. The van der Waals surface area contributed by atoms with Gasteiger partial charge in [0.15, 0.2) is 11.5 Å². The number of rotatable bonds is 7. The molecule has 2 rings (SSSR count). The van der Waals surface area contributed by atoms with Crippen LogP contribution < -0.4 is 9.47 Å². The molecule has 22 heavy (non-hydrogen) atoms. The summed E-state index contributed by atoms with van der Waals surface area (Å²) in [6.45, 7) is 4.19. The van der Waals surface area contributed by atoms with E-state index in [0.717, 1.165) is 28.4 Å². The summed E-state index contributed by atoms with van der Waals surface area (Å²) in [7, 11) is 3.24. The molecule has 0 heterocycles. The van der Waals surface area contributed by atoms with Crippen molar-refractivity contribution >= 4 is 21.9 Å². The van der Waals surface area contributed by atoms with Gasteiger partial charge in [-0.2, -0.15) is 0 Å². The Hall–Kier alpha value is -1.23. The standard InChI is InChI=1S/C17H23BrO4/c1-9(2)15-16(11(7-14(19)20)10-5-6-10)12(18)8-13(21-3)17(15)22-4/h8-11H,5-7H2,1-4H3,(H,19,20). The predicted molar refractivity (Wildman–Crippen MR) is 89.1 cm³/mol. The first-order chi connectivity index (χ1) is 10.4. The van der Waals surface area contributed by atoms with Crippen LogP contribution in [0.1, 0.15) is 56.1 Å². The van der Waals surface area contributed by atoms with E-state index in [1.54, 1.807) is 14.2 Å². The maximum absolute atomic E-state index is 11.3.